The third-order valence-corrected chi connectivity index (χ3v) is 1.54. The third kappa shape index (κ3) is 1.64. The van der Waals surface area contributed by atoms with Gasteiger partial charge in [0.1, 0.15) is 6.10 Å². The van der Waals surface area contributed by atoms with E-state index < -0.39 is 6.29 Å². The molecule has 0 aromatic carbocycles. The smallest absolute Gasteiger partial charge is 0.181 e. The van der Waals surface area contributed by atoms with Crippen LogP contribution >= 0.6 is 0 Å². The normalized spacial score (nSPS) is 36.7. The predicted octanol–water partition coefficient (Wildman–Crippen LogP) is 0.130. The summed E-state index contributed by atoms with van der Waals surface area (Å²) in [5.74, 6) is 0. The van der Waals surface area contributed by atoms with Gasteiger partial charge in [0.15, 0.2) is 6.29 Å². The van der Waals surface area contributed by atoms with Gasteiger partial charge in [0.25, 0.3) is 0 Å². The van der Waals surface area contributed by atoms with Gasteiger partial charge in [-0.25, -0.2) is 0 Å². The Bertz CT molecular complexity index is 84.4. The van der Waals surface area contributed by atoms with Crippen LogP contribution in [-0.2, 0) is 9.47 Å². The van der Waals surface area contributed by atoms with E-state index in [1.807, 2.05) is 0 Å². The zero-order chi connectivity index (χ0) is 6.69. The van der Waals surface area contributed by atoms with Gasteiger partial charge in [-0.1, -0.05) is 0 Å². The van der Waals surface area contributed by atoms with E-state index in [0.717, 1.165) is 12.8 Å². The molecule has 1 aliphatic heterocycles. The molecule has 2 atom stereocenters. The zero-order valence-electron chi connectivity index (χ0n) is 5.54. The SMILES string of the molecule is COC1CCCOC1O. The predicted molar refractivity (Wildman–Crippen MR) is 32.0 cm³/mol. The second-order valence-corrected chi connectivity index (χ2v) is 2.18. The van der Waals surface area contributed by atoms with Crippen LogP contribution in [0.2, 0.25) is 0 Å². The molecule has 54 valence electrons. The van der Waals surface area contributed by atoms with E-state index in [2.05, 4.69) is 0 Å². The summed E-state index contributed by atoms with van der Waals surface area (Å²) >= 11 is 0. The summed E-state index contributed by atoms with van der Waals surface area (Å²) in [6.45, 7) is 0.654. The Hall–Kier alpha value is -0.120. The van der Waals surface area contributed by atoms with E-state index in [0.29, 0.717) is 6.61 Å². The summed E-state index contributed by atoms with van der Waals surface area (Å²) in [5.41, 5.74) is 0. The number of methoxy groups -OCH3 is 1. The van der Waals surface area contributed by atoms with Crippen molar-refractivity contribution in [3.05, 3.63) is 0 Å². The number of hydrogen-bond donors (Lipinski definition) is 1. The summed E-state index contributed by atoms with van der Waals surface area (Å²) in [6, 6.07) is 0. The van der Waals surface area contributed by atoms with Crippen molar-refractivity contribution in [1.82, 2.24) is 0 Å². The molecule has 0 radical (unpaired) electrons. The first-order valence-electron chi connectivity index (χ1n) is 3.17. The van der Waals surface area contributed by atoms with Crippen molar-refractivity contribution in [2.24, 2.45) is 0 Å². The molecule has 9 heavy (non-hydrogen) atoms. The Morgan fingerprint density at radius 1 is 1.67 bits per heavy atom. The zero-order valence-corrected chi connectivity index (χ0v) is 5.54. The summed E-state index contributed by atoms with van der Waals surface area (Å²) in [7, 11) is 1.59. The molecular weight excluding hydrogens is 120 g/mol. The molecule has 0 aromatic heterocycles. The molecule has 0 spiro atoms. The average Bonchev–Trinajstić information content (AvgIpc) is 1.89. The Morgan fingerprint density at radius 2 is 2.44 bits per heavy atom. The van der Waals surface area contributed by atoms with Crippen LogP contribution in [0.1, 0.15) is 12.8 Å². The number of aliphatic hydroxyl groups is 1. The van der Waals surface area contributed by atoms with Gasteiger partial charge in [-0.15, -0.1) is 0 Å². The summed E-state index contributed by atoms with van der Waals surface area (Å²) in [4.78, 5) is 0. The fraction of sp³-hybridized carbons (Fsp3) is 1.00. The Labute approximate surface area is 54.6 Å². The standard InChI is InChI=1S/C6H12O3/c1-8-5-3-2-4-9-6(5)7/h5-7H,2-4H2,1H3. The van der Waals surface area contributed by atoms with Gasteiger partial charge in [-0.05, 0) is 12.8 Å². The van der Waals surface area contributed by atoms with Crippen LogP contribution in [0.5, 0.6) is 0 Å². The molecule has 3 heteroatoms. The highest BCUT2D eigenvalue weighted by molar-refractivity contribution is 4.64. The molecule has 3 nitrogen and oxygen atoms in total. The van der Waals surface area contributed by atoms with E-state index >= 15 is 0 Å². The quantitative estimate of drug-likeness (QED) is 0.551. The first kappa shape index (κ1) is 6.99. The van der Waals surface area contributed by atoms with E-state index in [1.54, 1.807) is 7.11 Å². The lowest BCUT2D eigenvalue weighted by molar-refractivity contribution is -0.193. The molecule has 1 saturated heterocycles. The van der Waals surface area contributed by atoms with Crippen molar-refractivity contribution in [3.63, 3.8) is 0 Å². The van der Waals surface area contributed by atoms with E-state index in [-0.39, 0.29) is 6.10 Å². The van der Waals surface area contributed by atoms with Crippen LogP contribution in [0.15, 0.2) is 0 Å². The molecule has 1 fully saturated rings. The van der Waals surface area contributed by atoms with Crippen molar-refractivity contribution < 1.29 is 14.6 Å². The molecule has 1 heterocycles. The van der Waals surface area contributed by atoms with E-state index in [1.165, 1.54) is 0 Å². The average molecular weight is 132 g/mol. The van der Waals surface area contributed by atoms with Gasteiger partial charge in [-0.2, -0.15) is 0 Å². The van der Waals surface area contributed by atoms with Gasteiger partial charge in [0.2, 0.25) is 0 Å². The fourth-order valence-corrected chi connectivity index (χ4v) is 0.973. The van der Waals surface area contributed by atoms with Crippen LogP contribution in [-0.4, -0.2) is 31.2 Å². The van der Waals surface area contributed by atoms with E-state index in [4.69, 9.17) is 14.6 Å². The largest absolute Gasteiger partial charge is 0.376 e. The lowest BCUT2D eigenvalue weighted by Crippen LogP contribution is -2.34. The lowest BCUT2D eigenvalue weighted by Gasteiger charge is -2.25. The molecule has 0 amide bonds. The molecule has 0 bridgehead atoms. The highest BCUT2D eigenvalue weighted by Crippen LogP contribution is 2.13. The van der Waals surface area contributed by atoms with Crippen molar-refractivity contribution in [2.45, 2.75) is 25.2 Å². The second kappa shape index (κ2) is 3.15. The Morgan fingerprint density at radius 3 is 2.89 bits per heavy atom. The molecule has 1 rings (SSSR count). The summed E-state index contributed by atoms with van der Waals surface area (Å²) in [5, 5.41) is 9.02. The minimum Gasteiger partial charge on any atom is -0.376 e. The van der Waals surface area contributed by atoms with Crippen LogP contribution in [0.25, 0.3) is 0 Å². The van der Waals surface area contributed by atoms with Crippen LogP contribution in [0, 0.1) is 0 Å². The molecule has 1 aliphatic rings. The maximum absolute atomic E-state index is 9.02. The molecule has 0 aliphatic carbocycles. The van der Waals surface area contributed by atoms with Gasteiger partial charge >= 0.3 is 0 Å². The molecule has 0 saturated carbocycles. The number of hydrogen-bond acceptors (Lipinski definition) is 3. The van der Waals surface area contributed by atoms with Crippen LogP contribution in [0.3, 0.4) is 0 Å². The monoisotopic (exact) mass is 132 g/mol. The molecule has 2 unspecified atom stereocenters. The minimum absolute atomic E-state index is 0.112. The highest BCUT2D eigenvalue weighted by Gasteiger charge is 2.22. The van der Waals surface area contributed by atoms with Gasteiger partial charge in [-0.3, -0.25) is 0 Å². The van der Waals surface area contributed by atoms with Crippen molar-refractivity contribution in [3.8, 4) is 0 Å². The summed E-state index contributed by atoms with van der Waals surface area (Å²) in [6.07, 6.45) is 1.07. The minimum atomic E-state index is -0.705. The van der Waals surface area contributed by atoms with Crippen LogP contribution in [0.4, 0.5) is 0 Å². The molecule has 1 N–H and O–H groups in total. The Balaban J connectivity index is 2.30. The number of ether oxygens (including phenoxy) is 2. The first-order chi connectivity index (χ1) is 4.34. The number of aliphatic hydroxyl groups excluding tert-OH is 1. The van der Waals surface area contributed by atoms with E-state index in [9.17, 15) is 0 Å². The maximum Gasteiger partial charge on any atom is 0.181 e. The second-order valence-electron chi connectivity index (χ2n) is 2.18. The maximum atomic E-state index is 9.02. The third-order valence-electron chi connectivity index (χ3n) is 1.54. The van der Waals surface area contributed by atoms with Gasteiger partial charge < -0.3 is 14.6 Å². The van der Waals surface area contributed by atoms with Crippen molar-refractivity contribution >= 4 is 0 Å². The highest BCUT2D eigenvalue weighted by atomic mass is 16.6. The number of rotatable bonds is 1. The first-order valence-corrected chi connectivity index (χ1v) is 3.17. The topological polar surface area (TPSA) is 38.7 Å². The lowest BCUT2D eigenvalue weighted by atomic mass is 10.1. The molecule has 0 aromatic rings. The van der Waals surface area contributed by atoms with Crippen LogP contribution < -0.4 is 0 Å². The van der Waals surface area contributed by atoms with Crippen molar-refractivity contribution in [2.75, 3.05) is 13.7 Å². The van der Waals surface area contributed by atoms with Gasteiger partial charge in [0, 0.05) is 13.7 Å². The van der Waals surface area contributed by atoms with Gasteiger partial charge in [0.05, 0.1) is 0 Å². The molecular formula is C6H12O3. The Kier molecular flexibility index (Phi) is 2.45. The summed E-state index contributed by atoms with van der Waals surface area (Å²) < 4.78 is 9.84. The fourth-order valence-electron chi connectivity index (χ4n) is 0.973. The van der Waals surface area contributed by atoms with Crippen molar-refractivity contribution in [1.29, 1.82) is 0 Å².